The lowest BCUT2D eigenvalue weighted by Crippen LogP contribution is -1.95. The van der Waals surface area contributed by atoms with Crippen molar-refractivity contribution in [2.24, 2.45) is 0 Å². The zero-order chi connectivity index (χ0) is 16.2. The highest BCUT2D eigenvalue weighted by molar-refractivity contribution is 6.63. The van der Waals surface area contributed by atoms with Crippen LogP contribution in [0, 0.1) is 0 Å². The molecule has 0 aromatic heterocycles. The van der Waals surface area contributed by atoms with E-state index in [1.165, 1.54) is 6.92 Å². The number of hydrogen-bond donors (Lipinski definition) is 1. The Morgan fingerprint density at radius 3 is 1.35 bits per heavy atom. The Morgan fingerprint density at radius 2 is 1.30 bits per heavy atom. The van der Waals surface area contributed by atoms with Gasteiger partial charge < -0.3 is 9.84 Å². The lowest BCUT2D eigenvalue weighted by molar-refractivity contribution is -0.140. The van der Waals surface area contributed by atoms with Crippen molar-refractivity contribution < 1.29 is 14.6 Å². The lowest BCUT2D eigenvalue weighted by Gasteiger charge is -1.89. The molecule has 0 unspecified atom stereocenters. The topological polar surface area (TPSA) is 46.5 Å². The summed E-state index contributed by atoms with van der Waals surface area (Å²) >= 11 is 14.4. The summed E-state index contributed by atoms with van der Waals surface area (Å²) < 4.78 is 3.65. The zero-order valence-corrected chi connectivity index (χ0v) is 14.3. The molecule has 0 radical (unpaired) electrons. The van der Waals surface area contributed by atoms with E-state index >= 15 is 0 Å². The van der Waals surface area contributed by atoms with Crippen LogP contribution in [0.4, 0.5) is 0 Å². The third-order valence-corrected chi connectivity index (χ3v) is 1.24. The van der Waals surface area contributed by atoms with Gasteiger partial charge in [-0.3, -0.25) is 4.79 Å². The van der Waals surface area contributed by atoms with Crippen molar-refractivity contribution in [2.45, 2.75) is 31.5 Å². The van der Waals surface area contributed by atoms with E-state index in [-0.39, 0.29) is 5.97 Å². The molecule has 0 atom stereocenters. The molecule has 1 N–H and O–H groups in total. The number of aliphatic hydroxyl groups is 1. The minimum Gasteiger partial charge on any atom is -0.466 e. The maximum atomic E-state index is 9.82. The number of halogens is 3. The molecule has 0 aliphatic rings. The van der Waals surface area contributed by atoms with Gasteiger partial charge in [0.1, 0.15) is 0 Å². The fourth-order valence-corrected chi connectivity index (χ4v) is 0.588. The number of carbonyl (C=O) groups excluding carboxylic acids is 1. The average Bonchev–Trinajstić information content (AvgIpc) is 2.41. The molecule has 0 fully saturated rings. The van der Waals surface area contributed by atoms with E-state index in [1.807, 2.05) is 43.3 Å². The molecular weight excluding hydrogens is 323 g/mol. The van der Waals surface area contributed by atoms with Crippen molar-refractivity contribution in [1.82, 2.24) is 0 Å². The molecule has 1 aromatic rings. The van der Waals surface area contributed by atoms with Gasteiger partial charge in [0.15, 0.2) is 4.30 Å². The third kappa shape index (κ3) is 52.8. The molecule has 1 rings (SSSR count). The van der Waals surface area contributed by atoms with Gasteiger partial charge in [0.2, 0.25) is 0 Å². The number of alkyl halides is 3. The summed E-state index contributed by atoms with van der Waals surface area (Å²) in [6.07, 6.45) is 0.875. The van der Waals surface area contributed by atoms with E-state index in [0.717, 1.165) is 6.42 Å². The van der Waals surface area contributed by atoms with Crippen molar-refractivity contribution in [3.63, 3.8) is 0 Å². The van der Waals surface area contributed by atoms with Crippen LogP contribution in [0.2, 0.25) is 0 Å². The van der Waals surface area contributed by atoms with Gasteiger partial charge in [0, 0.05) is 13.5 Å². The van der Waals surface area contributed by atoms with Crippen LogP contribution in [0.5, 0.6) is 0 Å². The van der Waals surface area contributed by atoms with E-state index in [0.29, 0.717) is 13.2 Å². The molecule has 0 bridgehead atoms. The van der Waals surface area contributed by atoms with Crippen LogP contribution in [0.25, 0.3) is 0 Å². The summed E-state index contributed by atoms with van der Waals surface area (Å²) in [7, 11) is 0. The average molecular weight is 346 g/mol. The summed E-state index contributed by atoms with van der Waals surface area (Å²) in [6, 6.07) is 12.0. The Hall–Kier alpha value is -0.480. The largest absolute Gasteiger partial charge is 0.466 e. The van der Waals surface area contributed by atoms with Gasteiger partial charge in [-0.15, -0.1) is 0 Å². The smallest absolute Gasteiger partial charge is 0.302 e. The van der Waals surface area contributed by atoms with Crippen molar-refractivity contribution in [3.05, 3.63) is 36.4 Å². The van der Waals surface area contributed by atoms with Gasteiger partial charge in [-0.1, -0.05) is 78.1 Å². The highest BCUT2D eigenvalue weighted by Gasteiger charge is 1.81. The minimum absolute atomic E-state index is 0.211. The second kappa shape index (κ2) is 23.6. The predicted molar refractivity (Wildman–Crippen MR) is 87.5 cm³/mol. The second-order valence-corrected chi connectivity index (χ2v) is 5.03. The number of benzene rings is 1. The number of carbonyl (C=O) groups is 1. The summed E-state index contributed by atoms with van der Waals surface area (Å²) in [5.74, 6) is -0.211. The molecule has 3 nitrogen and oxygen atoms in total. The standard InChI is InChI=1S/C6H6.C4H8O2.C3H8O.CHCl3/c1-2-4-6-5-3-1;1-3-6-4(2)5;1-2-3-4;2-1(3)4/h1-6H;3H2,1-2H3;4H,2-3H2,1H3;1H. The number of hydrogen-bond acceptors (Lipinski definition) is 3. The zero-order valence-electron chi connectivity index (χ0n) is 12.1. The Morgan fingerprint density at radius 1 is 1.05 bits per heavy atom. The fourth-order valence-electron chi connectivity index (χ4n) is 0.588. The first-order chi connectivity index (χ1) is 9.42. The molecule has 1 aromatic carbocycles. The van der Waals surface area contributed by atoms with Gasteiger partial charge >= 0.3 is 5.97 Å². The van der Waals surface area contributed by atoms with Crippen LogP contribution in [-0.4, -0.2) is 28.6 Å². The monoisotopic (exact) mass is 344 g/mol. The SMILES string of the molecule is CCCO.CCOC(C)=O.ClC(Cl)Cl.c1ccccc1. The second-order valence-electron chi connectivity index (χ2n) is 3.05. The van der Waals surface area contributed by atoms with Crippen LogP contribution in [0.1, 0.15) is 27.2 Å². The van der Waals surface area contributed by atoms with Crippen molar-refractivity contribution in [2.75, 3.05) is 13.2 Å². The summed E-state index contributed by atoms with van der Waals surface area (Å²) in [4.78, 5) is 9.82. The van der Waals surface area contributed by atoms with E-state index in [1.54, 1.807) is 6.92 Å². The number of ether oxygens (including phenoxy) is 1. The first kappa shape index (κ1) is 24.5. The molecule has 118 valence electrons. The lowest BCUT2D eigenvalue weighted by atomic mass is 10.4. The number of esters is 1. The molecule has 20 heavy (non-hydrogen) atoms. The molecule has 0 saturated heterocycles. The fraction of sp³-hybridized carbons (Fsp3) is 0.500. The van der Waals surface area contributed by atoms with Crippen LogP contribution >= 0.6 is 34.8 Å². The first-order valence-electron chi connectivity index (χ1n) is 6.08. The van der Waals surface area contributed by atoms with Gasteiger partial charge in [-0.2, -0.15) is 0 Å². The van der Waals surface area contributed by atoms with Crippen molar-refractivity contribution in [1.29, 1.82) is 0 Å². The molecule has 0 amide bonds. The van der Waals surface area contributed by atoms with Gasteiger partial charge in [0.25, 0.3) is 0 Å². The normalized spacial score (nSPS) is 8.00. The van der Waals surface area contributed by atoms with Crippen molar-refractivity contribution in [3.8, 4) is 0 Å². The molecule has 0 saturated carbocycles. The van der Waals surface area contributed by atoms with Crippen LogP contribution in [0.3, 0.4) is 0 Å². The van der Waals surface area contributed by atoms with Gasteiger partial charge in [-0.05, 0) is 13.3 Å². The maximum absolute atomic E-state index is 9.82. The Labute approximate surface area is 136 Å². The Bertz CT molecular complexity index is 238. The predicted octanol–water partition coefficient (Wildman–Crippen LogP) is 4.63. The van der Waals surface area contributed by atoms with Crippen molar-refractivity contribution >= 4 is 40.8 Å². The molecular formula is C14H23Cl3O3. The number of aliphatic hydroxyl groups excluding tert-OH is 1. The quantitative estimate of drug-likeness (QED) is 0.628. The minimum atomic E-state index is -0.750. The van der Waals surface area contributed by atoms with E-state index in [9.17, 15) is 4.79 Å². The molecule has 0 aliphatic heterocycles. The summed E-state index contributed by atoms with van der Waals surface area (Å²) in [5.41, 5.74) is 0. The third-order valence-electron chi connectivity index (χ3n) is 1.24. The maximum Gasteiger partial charge on any atom is 0.302 e. The molecule has 6 heteroatoms. The first-order valence-corrected chi connectivity index (χ1v) is 7.39. The molecule has 0 heterocycles. The van der Waals surface area contributed by atoms with Crippen LogP contribution in [0.15, 0.2) is 36.4 Å². The Kier molecular flexibility index (Phi) is 28.9. The van der Waals surface area contributed by atoms with Crippen LogP contribution < -0.4 is 0 Å². The molecule has 0 spiro atoms. The Balaban J connectivity index is -0.000000197. The van der Waals surface area contributed by atoms with Gasteiger partial charge in [0.05, 0.1) is 6.61 Å². The van der Waals surface area contributed by atoms with Crippen LogP contribution in [-0.2, 0) is 9.53 Å². The highest BCUT2D eigenvalue weighted by atomic mass is 35.6. The number of rotatable bonds is 2. The van der Waals surface area contributed by atoms with E-state index in [2.05, 4.69) is 4.74 Å². The van der Waals surface area contributed by atoms with E-state index in [4.69, 9.17) is 39.9 Å². The highest BCUT2D eigenvalue weighted by Crippen LogP contribution is 2.03. The van der Waals surface area contributed by atoms with Gasteiger partial charge in [-0.25, -0.2) is 0 Å². The van der Waals surface area contributed by atoms with E-state index < -0.39 is 4.30 Å². The summed E-state index contributed by atoms with van der Waals surface area (Å²) in [5, 5.41) is 7.88. The molecule has 0 aliphatic carbocycles. The summed E-state index contributed by atoms with van der Waals surface area (Å²) in [6.45, 7) is 5.90.